The number of carbonyl (C=O) groups excluding carboxylic acids is 1. The highest BCUT2D eigenvalue weighted by molar-refractivity contribution is 5.94. The van der Waals surface area contributed by atoms with Crippen LogP contribution in [-0.4, -0.2) is 25.5 Å². The van der Waals surface area contributed by atoms with E-state index in [-0.39, 0.29) is 5.91 Å². The Kier molecular flexibility index (Phi) is 4.28. The fraction of sp³-hybridized carbons (Fsp3) is 0.278. The van der Waals surface area contributed by atoms with Gasteiger partial charge in [0.05, 0.1) is 0 Å². The predicted molar refractivity (Wildman–Crippen MR) is 90.2 cm³/mol. The summed E-state index contributed by atoms with van der Waals surface area (Å²) in [5.74, 6) is -0.0400. The molecule has 0 aliphatic carbocycles. The van der Waals surface area contributed by atoms with Gasteiger partial charge in [-0.1, -0.05) is 18.2 Å². The Labute approximate surface area is 130 Å². The van der Waals surface area contributed by atoms with Gasteiger partial charge >= 0.3 is 0 Å². The number of rotatable bonds is 5. The molecule has 1 aliphatic heterocycles. The van der Waals surface area contributed by atoms with Crippen molar-refractivity contribution in [3.05, 3.63) is 59.7 Å². The fourth-order valence-electron chi connectivity index (χ4n) is 2.85. The molecule has 4 nitrogen and oxygen atoms in total. The molecular formula is C18H21N3O. The van der Waals surface area contributed by atoms with Crippen LogP contribution in [0, 0.1) is 0 Å². The van der Waals surface area contributed by atoms with Gasteiger partial charge in [0.1, 0.15) is 0 Å². The smallest absolute Gasteiger partial charge is 0.251 e. The summed E-state index contributed by atoms with van der Waals surface area (Å²) in [6.45, 7) is 2.73. The molecule has 0 saturated heterocycles. The lowest BCUT2D eigenvalue weighted by atomic mass is 10.2. The van der Waals surface area contributed by atoms with E-state index in [1.165, 1.54) is 11.3 Å². The van der Waals surface area contributed by atoms with Crippen LogP contribution in [0.15, 0.2) is 48.5 Å². The molecule has 0 atom stereocenters. The minimum absolute atomic E-state index is 0.0400. The Morgan fingerprint density at radius 3 is 2.73 bits per heavy atom. The number of hydrogen-bond donors (Lipinski definition) is 2. The lowest BCUT2D eigenvalue weighted by Crippen LogP contribution is -2.29. The summed E-state index contributed by atoms with van der Waals surface area (Å²) in [6.07, 6.45) is 2.06. The van der Waals surface area contributed by atoms with Crippen molar-refractivity contribution < 1.29 is 4.79 Å². The molecule has 0 bridgehead atoms. The van der Waals surface area contributed by atoms with Crippen LogP contribution >= 0.6 is 0 Å². The average Bonchev–Trinajstić information content (AvgIpc) is 2.95. The summed E-state index contributed by atoms with van der Waals surface area (Å²) in [5, 5.41) is 2.96. The van der Waals surface area contributed by atoms with Gasteiger partial charge in [0, 0.05) is 36.6 Å². The van der Waals surface area contributed by atoms with Crippen LogP contribution in [0.5, 0.6) is 0 Å². The van der Waals surface area contributed by atoms with E-state index in [1.54, 1.807) is 24.3 Å². The second kappa shape index (κ2) is 6.52. The molecule has 2 aromatic rings. The third-order valence-corrected chi connectivity index (χ3v) is 4.05. The Morgan fingerprint density at radius 1 is 1.14 bits per heavy atom. The summed E-state index contributed by atoms with van der Waals surface area (Å²) >= 11 is 0. The van der Waals surface area contributed by atoms with E-state index in [1.807, 2.05) is 0 Å². The maximum absolute atomic E-state index is 12.0. The molecule has 22 heavy (non-hydrogen) atoms. The molecule has 0 radical (unpaired) electrons. The minimum atomic E-state index is -0.0400. The lowest BCUT2D eigenvalue weighted by molar-refractivity contribution is 0.0953. The molecule has 0 spiro atoms. The van der Waals surface area contributed by atoms with Gasteiger partial charge in [-0.25, -0.2) is 0 Å². The van der Waals surface area contributed by atoms with Crippen molar-refractivity contribution in [3.8, 4) is 0 Å². The van der Waals surface area contributed by atoms with Crippen molar-refractivity contribution in [1.82, 2.24) is 5.32 Å². The fourth-order valence-corrected chi connectivity index (χ4v) is 2.85. The highest BCUT2D eigenvalue weighted by Gasteiger charge is 2.17. The molecule has 0 aromatic heterocycles. The predicted octanol–water partition coefficient (Wildman–Crippen LogP) is 2.45. The monoisotopic (exact) mass is 295 g/mol. The van der Waals surface area contributed by atoms with E-state index in [4.69, 9.17) is 5.73 Å². The van der Waals surface area contributed by atoms with Gasteiger partial charge in [0.15, 0.2) is 0 Å². The van der Waals surface area contributed by atoms with E-state index >= 15 is 0 Å². The summed E-state index contributed by atoms with van der Waals surface area (Å²) in [4.78, 5) is 14.4. The van der Waals surface area contributed by atoms with Crippen LogP contribution in [0.3, 0.4) is 0 Å². The van der Waals surface area contributed by atoms with E-state index in [0.29, 0.717) is 17.8 Å². The van der Waals surface area contributed by atoms with Crippen LogP contribution in [0.25, 0.3) is 0 Å². The first-order valence-corrected chi connectivity index (χ1v) is 7.70. The molecule has 4 heteroatoms. The average molecular weight is 295 g/mol. The summed E-state index contributed by atoms with van der Waals surface area (Å²) in [6, 6.07) is 15.5. The quantitative estimate of drug-likeness (QED) is 0.658. The Bertz CT molecular complexity index is 652. The number of nitrogens with one attached hydrogen (secondary N) is 1. The zero-order chi connectivity index (χ0) is 15.4. The number of hydrogen-bond acceptors (Lipinski definition) is 3. The van der Waals surface area contributed by atoms with Crippen LogP contribution in [0.2, 0.25) is 0 Å². The van der Waals surface area contributed by atoms with Crippen molar-refractivity contribution in [2.45, 2.75) is 12.8 Å². The molecule has 2 aromatic carbocycles. The van der Waals surface area contributed by atoms with Crippen molar-refractivity contribution in [3.63, 3.8) is 0 Å². The topological polar surface area (TPSA) is 58.4 Å². The van der Waals surface area contributed by atoms with Gasteiger partial charge in [0.25, 0.3) is 5.91 Å². The zero-order valence-electron chi connectivity index (χ0n) is 12.6. The maximum Gasteiger partial charge on any atom is 0.251 e. The molecule has 3 rings (SSSR count). The van der Waals surface area contributed by atoms with E-state index in [9.17, 15) is 4.79 Å². The van der Waals surface area contributed by atoms with Gasteiger partial charge in [-0.3, -0.25) is 4.79 Å². The number of nitrogens with two attached hydrogens (primary N) is 1. The second-order valence-corrected chi connectivity index (χ2v) is 5.60. The van der Waals surface area contributed by atoms with Crippen molar-refractivity contribution in [2.75, 3.05) is 30.3 Å². The van der Waals surface area contributed by atoms with Gasteiger partial charge < -0.3 is 16.0 Å². The van der Waals surface area contributed by atoms with E-state index < -0.39 is 0 Å². The molecule has 1 amide bonds. The number of anilines is 2. The zero-order valence-corrected chi connectivity index (χ0v) is 12.6. The molecule has 3 N–H and O–H groups in total. The Hall–Kier alpha value is -2.49. The highest BCUT2D eigenvalue weighted by atomic mass is 16.1. The van der Waals surface area contributed by atoms with Crippen molar-refractivity contribution in [2.24, 2.45) is 0 Å². The number of nitrogen functional groups attached to an aromatic ring is 1. The molecule has 0 unspecified atom stereocenters. The number of para-hydroxylation sites is 1. The van der Waals surface area contributed by atoms with E-state index in [0.717, 1.165) is 25.9 Å². The molecular weight excluding hydrogens is 274 g/mol. The number of fused-ring (bicyclic) bond motifs is 1. The third-order valence-electron chi connectivity index (χ3n) is 4.05. The normalized spacial score (nSPS) is 13.0. The number of benzene rings is 2. The number of amides is 1. The first-order valence-electron chi connectivity index (χ1n) is 7.70. The SMILES string of the molecule is Nc1ccc(C(=O)NCCCN2CCc3ccccc32)cc1. The van der Waals surface area contributed by atoms with Crippen LogP contribution in [-0.2, 0) is 6.42 Å². The van der Waals surface area contributed by atoms with Gasteiger partial charge in [-0.05, 0) is 48.7 Å². The minimum Gasteiger partial charge on any atom is -0.399 e. The molecule has 1 heterocycles. The maximum atomic E-state index is 12.0. The van der Waals surface area contributed by atoms with Gasteiger partial charge in [-0.15, -0.1) is 0 Å². The lowest BCUT2D eigenvalue weighted by Gasteiger charge is -2.19. The molecule has 114 valence electrons. The number of carbonyl (C=O) groups is 1. The summed E-state index contributed by atoms with van der Waals surface area (Å²) < 4.78 is 0. The second-order valence-electron chi connectivity index (χ2n) is 5.60. The van der Waals surface area contributed by atoms with E-state index in [2.05, 4.69) is 34.5 Å². The van der Waals surface area contributed by atoms with Crippen molar-refractivity contribution >= 4 is 17.3 Å². The summed E-state index contributed by atoms with van der Waals surface area (Å²) in [7, 11) is 0. The van der Waals surface area contributed by atoms with Gasteiger partial charge in [0.2, 0.25) is 0 Å². The summed E-state index contributed by atoms with van der Waals surface area (Å²) in [5.41, 5.74) is 9.71. The van der Waals surface area contributed by atoms with Crippen LogP contribution < -0.4 is 16.0 Å². The molecule has 0 fully saturated rings. The standard InChI is InChI=1S/C18H21N3O/c19-16-8-6-15(7-9-16)18(22)20-11-3-12-21-13-10-14-4-1-2-5-17(14)21/h1-2,4-9H,3,10-13,19H2,(H,20,22). The van der Waals surface area contributed by atoms with Crippen LogP contribution in [0.4, 0.5) is 11.4 Å². The molecule has 1 aliphatic rings. The van der Waals surface area contributed by atoms with Crippen molar-refractivity contribution in [1.29, 1.82) is 0 Å². The highest BCUT2D eigenvalue weighted by Crippen LogP contribution is 2.27. The van der Waals surface area contributed by atoms with Crippen LogP contribution in [0.1, 0.15) is 22.3 Å². The first-order chi connectivity index (χ1) is 10.7. The third kappa shape index (κ3) is 3.22. The molecule has 0 saturated carbocycles. The first kappa shape index (κ1) is 14.4. The van der Waals surface area contributed by atoms with Gasteiger partial charge in [-0.2, -0.15) is 0 Å². The Balaban J connectivity index is 1.45. The number of nitrogens with zero attached hydrogens (tertiary/aromatic N) is 1. The largest absolute Gasteiger partial charge is 0.399 e. The Morgan fingerprint density at radius 2 is 1.91 bits per heavy atom.